The summed E-state index contributed by atoms with van der Waals surface area (Å²) in [5.74, 6) is 2.00. The van der Waals surface area contributed by atoms with Gasteiger partial charge in [0.05, 0.1) is 44.9 Å². The minimum atomic E-state index is -0.368. The monoisotopic (exact) mass is 403 g/mol. The molecular formula is C22H29NO6. The van der Waals surface area contributed by atoms with Crippen molar-refractivity contribution in [3.8, 4) is 23.0 Å². The predicted molar refractivity (Wildman–Crippen MR) is 113 cm³/mol. The van der Waals surface area contributed by atoms with Gasteiger partial charge in [-0.1, -0.05) is 25.4 Å². The zero-order valence-electron chi connectivity index (χ0n) is 18.0. The van der Waals surface area contributed by atoms with Crippen molar-refractivity contribution in [1.82, 2.24) is 0 Å². The van der Waals surface area contributed by atoms with Gasteiger partial charge in [-0.3, -0.25) is 0 Å². The third kappa shape index (κ3) is 4.72. The molecule has 2 rings (SSSR count). The number of hydrogen-bond donors (Lipinski definition) is 0. The molecule has 0 saturated heterocycles. The molecule has 7 nitrogen and oxygen atoms in total. The molecule has 0 unspecified atom stereocenters. The number of oxime groups is 1. The molecule has 0 heterocycles. The second-order valence-corrected chi connectivity index (χ2v) is 6.38. The summed E-state index contributed by atoms with van der Waals surface area (Å²) in [6.07, 6.45) is 2.41. The Balaban J connectivity index is 2.80. The molecule has 0 bridgehead atoms. The third-order valence-electron chi connectivity index (χ3n) is 4.50. The van der Waals surface area contributed by atoms with E-state index in [1.165, 1.54) is 0 Å². The Morgan fingerprint density at radius 2 is 1.41 bits per heavy atom. The number of rotatable bonds is 10. The van der Waals surface area contributed by atoms with E-state index in [2.05, 4.69) is 5.16 Å². The molecule has 2 aromatic carbocycles. The number of carbonyl (C=O) groups excluding carboxylic acids is 1. The van der Waals surface area contributed by atoms with Gasteiger partial charge in [0.15, 0.2) is 0 Å². The van der Waals surface area contributed by atoms with Crippen molar-refractivity contribution >= 4 is 22.5 Å². The lowest BCUT2D eigenvalue weighted by atomic mass is 9.97. The van der Waals surface area contributed by atoms with Crippen molar-refractivity contribution in [2.75, 3.05) is 28.4 Å². The van der Waals surface area contributed by atoms with Crippen LogP contribution in [0.3, 0.4) is 0 Å². The summed E-state index contributed by atoms with van der Waals surface area (Å²) in [6.45, 7) is 3.94. The number of benzene rings is 2. The van der Waals surface area contributed by atoms with Crippen LogP contribution in [0.5, 0.6) is 23.0 Å². The van der Waals surface area contributed by atoms with Crippen molar-refractivity contribution in [3.63, 3.8) is 0 Å². The first-order valence-corrected chi connectivity index (χ1v) is 9.62. The number of ether oxygens (including phenoxy) is 4. The maximum Gasteiger partial charge on any atom is 0.335 e. The SMILES string of the molecule is CCCC(=O)ON=C(CCC)c1cc(OC)c2c(OC)ccc(OC)c2c1OC. The second kappa shape index (κ2) is 10.5. The van der Waals surface area contributed by atoms with Gasteiger partial charge in [0.1, 0.15) is 23.0 Å². The number of carbonyl (C=O) groups is 1. The van der Waals surface area contributed by atoms with Crippen LogP contribution in [0.2, 0.25) is 0 Å². The highest BCUT2D eigenvalue weighted by Crippen LogP contribution is 2.46. The Morgan fingerprint density at radius 1 is 0.828 bits per heavy atom. The highest BCUT2D eigenvalue weighted by atomic mass is 16.7. The molecule has 29 heavy (non-hydrogen) atoms. The van der Waals surface area contributed by atoms with E-state index < -0.39 is 0 Å². The first-order valence-electron chi connectivity index (χ1n) is 9.62. The van der Waals surface area contributed by atoms with E-state index in [1.807, 2.05) is 32.0 Å². The summed E-state index contributed by atoms with van der Waals surface area (Å²) in [4.78, 5) is 17.0. The van der Waals surface area contributed by atoms with Gasteiger partial charge in [0, 0.05) is 12.0 Å². The molecular weight excluding hydrogens is 374 g/mol. The maximum atomic E-state index is 11.8. The molecule has 0 amide bonds. The van der Waals surface area contributed by atoms with Gasteiger partial charge in [-0.25, -0.2) is 4.79 Å². The lowest BCUT2D eigenvalue weighted by Gasteiger charge is -2.19. The van der Waals surface area contributed by atoms with Gasteiger partial charge in [0.25, 0.3) is 0 Å². The zero-order valence-corrected chi connectivity index (χ0v) is 18.0. The van der Waals surface area contributed by atoms with E-state index in [0.717, 1.165) is 11.8 Å². The number of hydrogen-bond acceptors (Lipinski definition) is 7. The van der Waals surface area contributed by atoms with Crippen LogP contribution in [-0.2, 0) is 9.63 Å². The Kier molecular flexibility index (Phi) is 8.12. The molecule has 7 heteroatoms. The summed E-state index contributed by atoms with van der Waals surface area (Å²) in [6, 6.07) is 5.45. The third-order valence-corrected chi connectivity index (χ3v) is 4.50. The number of methoxy groups -OCH3 is 4. The molecule has 0 aliphatic carbocycles. The highest BCUT2D eigenvalue weighted by molar-refractivity contribution is 6.12. The molecule has 0 aliphatic rings. The van der Waals surface area contributed by atoms with Crippen LogP contribution in [0.15, 0.2) is 23.4 Å². The second-order valence-electron chi connectivity index (χ2n) is 6.38. The quantitative estimate of drug-likeness (QED) is 0.325. The summed E-state index contributed by atoms with van der Waals surface area (Å²) in [5.41, 5.74) is 1.27. The molecule has 0 fully saturated rings. The molecule has 0 saturated carbocycles. The van der Waals surface area contributed by atoms with Crippen LogP contribution in [0.4, 0.5) is 0 Å². The molecule has 0 atom stereocenters. The number of nitrogens with zero attached hydrogens (tertiary/aromatic N) is 1. The van der Waals surface area contributed by atoms with Crippen molar-refractivity contribution in [3.05, 3.63) is 23.8 Å². The van der Waals surface area contributed by atoms with E-state index in [4.69, 9.17) is 23.8 Å². The summed E-state index contributed by atoms with van der Waals surface area (Å²) in [5, 5.41) is 5.58. The van der Waals surface area contributed by atoms with Crippen LogP contribution >= 0.6 is 0 Å². The summed E-state index contributed by atoms with van der Waals surface area (Å²) < 4.78 is 22.5. The van der Waals surface area contributed by atoms with E-state index in [1.54, 1.807) is 28.4 Å². The standard InChI is InChI=1S/C22H29NO6/c1-7-9-15(23-29-19(24)10-8-2)14-13-18(27-5)20-16(25-3)11-12-17(26-4)21(20)22(14)28-6/h11-13H,7-10H2,1-6H3. The average molecular weight is 403 g/mol. The van der Waals surface area contributed by atoms with Crippen molar-refractivity contribution in [1.29, 1.82) is 0 Å². The summed E-state index contributed by atoms with van der Waals surface area (Å²) >= 11 is 0. The fourth-order valence-electron chi connectivity index (χ4n) is 3.19. The minimum absolute atomic E-state index is 0.312. The smallest absolute Gasteiger partial charge is 0.335 e. The molecule has 0 N–H and O–H groups in total. The molecule has 2 aromatic rings. The normalized spacial score (nSPS) is 11.3. The van der Waals surface area contributed by atoms with Gasteiger partial charge in [-0.15, -0.1) is 0 Å². The Bertz CT molecular complexity index is 891. The van der Waals surface area contributed by atoms with Crippen LogP contribution < -0.4 is 18.9 Å². The topological polar surface area (TPSA) is 75.6 Å². The van der Waals surface area contributed by atoms with Crippen LogP contribution in [0.25, 0.3) is 10.8 Å². The van der Waals surface area contributed by atoms with Crippen molar-refractivity contribution < 1.29 is 28.6 Å². The van der Waals surface area contributed by atoms with Gasteiger partial charge < -0.3 is 23.8 Å². The fraction of sp³-hybridized carbons (Fsp3) is 0.455. The van der Waals surface area contributed by atoms with E-state index in [-0.39, 0.29) is 5.97 Å². The van der Waals surface area contributed by atoms with Gasteiger partial charge >= 0.3 is 5.97 Å². The lowest BCUT2D eigenvalue weighted by Crippen LogP contribution is -2.09. The van der Waals surface area contributed by atoms with E-state index >= 15 is 0 Å². The van der Waals surface area contributed by atoms with Crippen molar-refractivity contribution in [2.24, 2.45) is 5.16 Å². The average Bonchev–Trinajstić information content (AvgIpc) is 2.74. The first kappa shape index (κ1) is 22.3. The van der Waals surface area contributed by atoms with Gasteiger partial charge in [-0.05, 0) is 31.0 Å². The minimum Gasteiger partial charge on any atom is -0.496 e. The Morgan fingerprint density at radius 3 is 1.93 bits per heavy atom. The van der Waals surface area contributed by atoms with Crippen LogP contribution in [0, 0.1) is 0 Å². The molecule has 0 radical (unpaired) electrons. The Labute approximate surface area is 171 Å². The van der Waals surface area contributed by atoms with Gasteiger partial charge in [-0.2, -0.15) is 0 Å². The van der Waals surface area contributed by atoms with Crippen LogP contribution in [0.1, 0.15) is 45.1 Å². The van der Waals surface area contributed by atoms with E-state index in [0.29, 0.717) is 58.9 Å². The van der Waals surface area contributed by atoms with E-state index in [9.17, 15) is 4.79 Å². The van der Waals surface area contributed by atoms with Gasteiger partial charge in [0.2, 0.25) is 0 Å². The number of fused-ring (bicyclic) bond motifs is 1. The van der Waals surface area contributed by atoms with Crippen LogP contribution in [-0.4, -0.2) is 40.1 Å². The highest BCUT2D eigenvalue weighted by Gasteiger charge is 2.23. The van der Waals surface area contributed by atoms with Crippen molar-refractivity contribution in [2.45, 2.75) is 39.5 Å². The molecule has 158 valence electrons. The first-order chi connectivity index (χ1) is 14.1. The largest absolute Gasteiger partial charge is 0.496 e. The zero-order chi connectivity index (χ0) is 21.4. The Hall–Kier alpha value is -2.96. The molecule has 0 spiro atoms. The molecule has 0 aromatic heterocycles. The maximum absolute atomic E-state index is 11.8. The lowest BCUT2D eigenvalue weighted by molar-refractivity contribution is -0.143. The molecule has 0 aliphatic heterocycles. The predicted octanol–water partition coefficient (Wildman–Crippen LogP) is 4.72. The fourth-order valence-corrected chi connectivity index (χ4v) is 3.19. The summed E-state index contributed by atoms with van der Waals surface area (Å²) in [7, 11) is 6.35.